The van der Waals surface area contributed by atoms with Crippen LogP contribution in [0.3, 0.4) is 0 Å². The third-order valence-electron chi connectivity index (χ3n) is 2.41. The number of carbonyl (C=O) groups excluding carboxylic acids is 1. The van der Waals surface area contributed by atoms with Crippen molar-refractivity contribution >= 4 is 5.97 Å². The van der Waals surface area contributed by atoms with Gasteiger partial charge >= 0.3 is 24.8 Å². The molecule has 0 saturated carbocycles. The first kappa shape index (κ1) is 18.3. The molecule has 0 radical (unpaired) electrons. The Bertz CT molecular complexity index is 534. The summed E-state index contributed by atoms with van der Waals surface area (Å²) in [6, 6.07) is 11.2. The van der Waals surface area contributed by atoms with Crippen molar-refractivity contribution in [3.63, 3.8) is 0 Å². The number of carbonyl (C=O) groups is 1. The quantitative estimate of drug-likeness (QED) is 0.566. The van der Waals surface area contributed by atoms with Gasteiger partial charge in [-0.15, -0.1) is 0 Å². The topological polar surface area (TPSA) is 69.2 Å². The summed E-state index contributed by atoms with van der Waals surface area (Å²) >= 11 is 0. The van der Waals surface area contributed by atoms with Crippen molar-refractivity contribution in [3.05, 3.63) is 65.7 Å². The fraction of sp³-hybridized carbons (Fsp3) is 0.143. The zero-order valence-corrected chi connectivity index (χ0v) is 11.3. The van der Waals surface area contributed by atoms with Gasteiger partial charge in [0.25, 0.3) is 0 Å². The number of benzene rings is 1. The minimum Gasteiger partial charge on any atom is -0.870 e. The van der Waals surface area contributed by atoms with Crippen molar-refractivity contribution in [2.75, 3.05) is 0 Å². The van der Waals surface area contributed by atoms with Gasteiger partial charge < -0.3 is 10.2 Å². The van der Waals surface area contributed by atoms with E-state index in [1.165, 1.54) is 19.1 Å². The molecule has 1 heterocycles. The van der Waals surface area contributed by atoms with Gasteiger partial charge in [-0.25, -0.2) is 4.39 Å². The summed E-state index contributed by atoms with van der Waals surface area (Å²) in [6.45, 7) is 1.33. The van der Waals surface area contributed by atoms with Crippen LogP contribution in [0, 0.1) is 5.82 Å². The van der Waals surface area contributed by atoms with Crippen molar-refractivity contribution in [1.82, 2.24) is 4.98 Å². The SMILES string of the molecule is CC(=O)OC(c1ccc(F)cc1)c1ccccn1.[Li+].[OH-]. The van der Waals surface area contributed by atoms with Crippen LogP contribution in [-0.2, 0) is 9.53 Å². The minimum atomic E-state index is -0.607. The molecule has 100 valence electrons. The van der Waals surface area contributed by atoms with E-state index in [9.17, 15) is 9.18 Å². The Morgan fingerprint density at radius 2 is 1.85 bits per heavy atom. The van der Waals surface area contributed by atoms with Gasteiger partial charge in [-0.05, 0) is 29.8 Å². The summed E-state index contributed by atoms with van der Waals surface area (Å²) in [5, 5.41) is 0. The Hall–Kier alpha value is -1.67. The second-order valence-electron chi connectivity index (χ2n) is 3.80. The average molecular weight is 269 g/mol. The smallest absolute Gasteiger partial charge is 0.870 e. The largest absolute Gasteiger partial charge is 1.00 e. The van der Waals surface area contributed by atoms with Crippen LogP contribution in [0.15, 0.2) is 48.7 Å². The third kappa shape index (κ3) is 4.78. The molecule has 0 aliphatic heterocycles. The predicted molar refractivity (Wildman–Crippen MR) is 66.2 cm³/mol. The summed E-state index contributed by atoms with van der Waals surface area (Å²) in [6.07, 6.45) is 1.01. The van der Waals surface area contributed by atoms with E-state index < -0.39 is 12.1 Å². The monoisotopic (exact) mass is 269 g/mol. The molecule has 2 rings (SSSR count). The molecule has 0 aliphatic rings. The summed E-state index contributed by atoms with van der Waals surface area (Å²) < 4.78 is 18.1. The van der Waals surface area contributed by atoms with E-state index in [2.05, 4.69) is 4.98 Å². The maximum atomic E-state index is 12.9. The predicted octanol–water partition coefficient (Wildman–Crippen LogP) is -0.300. The van der Waals surface area contributed by atoms with Gasteiger partial charge in [0.2, 0.25) is 0 Å². The fourth-order valence-electron chi connectivity index (χ4n) is 1.63. The number of aromatic nitrogens is 1. The first-order chi connectivity index (χ1) is 8.66. The average Bonchev–Trinajstić information content (AvgIpc) is 2.38. The van der Waals surface area contributed by atoms with Gasteiger partial charge in [0.15, 0.2) is 6.10 Å². The van der Waals surface area contributed by atoms with Crippen LogP contribution < -0.4 is 18.9 Å². The molecule has 2 aromatic rings. The molecule has 0 aliphatic carbocycles. The zero-order valence-electron chi connectivity index (χ0n) is 11.3. The van der Waals surface area contributed by atoms with Crippen LogP contribution in [0.4, 0.5) is 4.39 Å². The summed E-state index contributed by atoms with van der Waals surface area (Å²) in [5.41, 5.74) is 1.30. The molecule has 0 saturated heterocycles. The van der Waals surface area contributed by atoms with Gasteiger partial charge in [0.1, 0.15) is 5.82 Å². The van der Waals surface area contributed by atoms with Crippen LogP contribution in [0.1, 0.15) is 24.3 Å². The molecule has 0 fully saturated rings. The number of ether oxygens (including phenoxy) is 1. The van der Waals surface area contributed by atoms with Crippen molar-refractivity contribution in [2.45, 2.75) is 13.0 Å². The standard InChI is InChI=1S/C14H12FNO2.Li.H2O/c1-10(17)18-14(13-4-2-3-9-16-13)11-5-7-12(15)8-6-11;;/h2-9,14H,1H3;;1H2/q;+1;/p-1. The van der Waals surface area contributed by atoms with Crippen LogP contribution in [0.2, 0.25) is 0 Å². The molecule has 0 spiro atoms. The molecule has 1 aromatic heterocycles. The number of halogens is 1. The maximum Gasteiger partial charge on any atom is 1.00 e. The van der Waals surface area contributed by atoms with E-state index in [1.807, 2.05) is 6.07 Å². The molecule has 4 nitrogen and oxygen atoms in total. The normalized spacial score (nSPS) is 10.7. The number of nitrogens with zero attached hydrogens (tertiary/aromatic N) is 1. The molecule has 0 bridgehead atoms. The molecule has 20 heavy (non-hydrogen) atoms. The Morgan fingerprint density at radius 3 is 2.35 bits per heavy atom. The Kier molecular flexibility index (Phi) is 7.78. The number of esters is 1. The second kappa shape index (κ2) is 8.49. The maximum absolute atomic E-state index is 12.9. The molecule has 1 atom stereocenters. The van der Waals surface area contributed by atoms with Crippen molar-refractivity contribution in [1.29, 1.82) is 0 Å². The van der Waals surface area contributed by atoms with Crippen molar-refractivity contribution in [3.8, 4) is 0 Å². The Morgan fingerprint density at radius 1 is 1.20 bits per heavy atom. The van der Waals surface area contributed by atoms with Gasteiger partial charge in [-0.3, -0.25) is 9.78 Å². The molecule has 6 heteroatoms. The number of pyridine rings is 1. The van der Waals surface area contributed by atoms with Crippen molar-refractivity contribution in [2.24, 2.45) is 0 Å². The van der Waals surface area contributed by atoms with Crippen LogP contribution >= 0.6 is 0 Å². The Balaban J connectivity index is 0.00000180. The third-order valence-corrected chi connectivity index (χ3v) is 2.41. The fourth-order valence-corrected chi connectivity index (χ4v) is 1.63. The number of hydrogen-bond acceptors (Lipinski definition) is 4. The van der Waals surface area contributed by atoms with Gasteiger partial charge in [0.05, 0.1) is 5.69 Å². The summed E-state index contributed by atoms with van der Waals surface area (Å²) in [5.74, 6) is -0.740. The molecular weight excluding hydrogens is 256 g/mol. The van der Waals surface area contributed by atoms with E-state index in [-0.39, 0.29) is 30.2 Å². The minimum absolute atomic E-state index is 0. The van der Waals surface area contributed by atoms with Gasteiger partial charge in [0, 0.05) is 13.1 Å². The summed E-state index contributed by atoms with van der Waals surface area (Å²) in [4.78, 5) is 15.3. The van der Waals surface area contributed by atoms with E-state index in [0.29, 0.717) is 11.3 Å². The molecule has 1 N–H and O–H groups in total. The van der Waals surface area contributed by atoms with Crippen LogP contribution in [0.25, 0.3) is 0 Å². The first-order valence-corrected chi connectivity index (χ1v) is 5.50. The van der Waals surface area contributed by atoms with E-state index in [0.717, 1.165) is 0 Å². The van der Waals surface area contributed by atoms with Crippen molar-refractivity contribution < 1.29 is 38.3 Å². The van der Waals surface area contributed by atoms with Crippen LogP contribution in [-0.4, -0.2) is 16.4 Å². The van der Waals surface area contributed by atoms with Gasteiger partial charge in [-0.1, -0.05) is 18.2 Å². The Labute approximate surface area is 128 Å². The number of rotatable bonds is 3. The molecule has 1 unspecified atom stereocenters. The molecular formula is C14H13FLiNO3. The summed E-state index contributed by atoms with van der Waals surface area (Å²) in [7, 11) is 0. The zero-order chi connectivity index (χ0) is 13.0. The van der Waals surface area contributed by atoms with E-state index in [1.54, 1.807) is 30.5 Å². The van der Waals surface area contributed by atoms with E-state index >= 15 is 0 Å². The van der Waals surface area contributed by atoms with Crippen LogP contribution in [0.5, 0.6) is 0 Å². The van der Waals surface area contributed by atoms with Gasteiger partial charge in [-0.2, -0.15) is 0 Å². The molecule has 1 aromatic carbocycles. The molecule has 0 amide bonds. The van der Waals surface area contributed by atoms with E-state index in [4.69, 9.17) is 4.74 Å². The second-order valence-corrected chi connectivity index (χ2v) is 3.80. The first-order valence-electron chi connectivity index (χ1n) is 5.50. The number of hydrogen-bond donors (Lipinski definition) is 0.